The van der Waals surface area contributed by atoms with E-state index in [9.17, 15) is 4.79 Å². The summed E-state index contributed by atoms with van der Waals surface area (Å²) < 4.78 is 11.1. The van der Waals surface area contributed by atoms with Crippen LogP contribution in [0.1, 0.15) is 45.3 Å². The Labute approximate surface area is 139 Å². The van der Waals surface area contributed by atoms with Crippen LogP contribution in [0.3, 0.4) is 0 Å². The van der Waals surface area contributed by atoms with Gasteiger partial charge in [0.2, 0.25) is 0 Å². The summed E-state index contributed by atoms with van der Waals surface area (Å²) >= 11 is 0. The predicted molar refractivity (Wildman–Crippen MR) is 91.2 cm³/mol. The highest BCUT2D eigenvalue weighted by molar-refractivity contribution is 5.69. The smallest absolute Gasteiger partial charge is 0.305 e. The van der Waals surface area contributed by atoms with Gasteiger partial charge in [-0.1, -0.05) is 51.1 Å². The number of ether oxygens (including phenoxy) is 2. The lowest BCUT2D eigenvalue weighted by molar-refractivity contribution is -0.141. The number of hydrogen-bond donors (Lipinski definition) is 0. The van der Waals surface area contributed by atoms with Crippen LogP contribution in [0.15, 0.2) is 30.3 Å². The predicted octanol–water partition coefficient (Wildman–Crippen LogP) is 3.43. The van der Waals surface area contributed by atoms with Crippen molar-refractivity contribution in [3.05, 3.63) is 35.9 Å². The van der Waals surface area contributed by atoms with Gasteiger partial charge in [0.1, 0.15) is 0 Å². The van der Waals surface area contributed by atoms with Crippen molar-refractivity contribution in [3.8, 4) is 0 Å². The molecule has 0 aromatic heterocycles. The highest BCUT2D eigenvalue weighted by atomic mass is 16.5. The van der Waals surface area contributed by atoms with Gasteiger partial charge in [-0.3, -0.25) is 9.69 Å². The highest BCUT2D eigenvalue weighted by Gasteiger charge is 2.35. The van der Waals surface area contributed by atoms with Crippen LogP contribution >= 0.6 is 0 Å². The third kappa shape index (κ3) is 5.33. The van der Waals surface area contributed by atoms with Crippen LogP contribution in [0, 0.1) is 5.41 Å². The molecule has 4 nitrogen and oxygen atoms in total. The molecule has 0 N–H and O–H groups in total. The van der Waals surface area contributed by atoms with Crippen LogP contribution in [-0.2, 0) is 14.3 Å². The van der Waals surface area contributed by atoms with E-state index < -0.39 is 0 Å². The molecule has 1 heterocycles. The van der Waals surface area contributed by atoms with Crippen molar-refractivity contribution in [2.24, 2.45) is 5.41 Å². The molecule has 0 radical (unpaired) electrons. The molecule has 0 amide bonds. The lowest BCUT2D eigenvalue weighted by atomic mass is 9.87. The van der Waals surface area contributed by atoms with E-state index >= 15 is 0 Å². The second kappa shape index (κ2) is 7.93. The minimum atomic E-state index is -0.134. The average molecular weight is 319 g/mol. The number of methoxy groups -OCH3 is 1. The fraction of sp³-hybridized carbons (Fsp3) is 0.632. The Hall–Kier alpha value is -1.39. The molecule has 2 atom stereocenters. The molecule has 1 aliphatic rings. The van der Waals surface area contributed by atoms with Crippen LogP contribution in [0.25, 0.3) is 0 Å². The maximum absolute atomic E-state index is 11.3. The molecule has 0 spiro atoms. The summed E-state index contributed by atoms with van der Waals surface area (Å²) in [6.45, 7) is 9.34. The zero-order chi connectivity index (χ0) is 16.9. The SMILES string of the molecule is COC(=O)CCCN1C[C@@H](c2ccccc2)O[C@@H](C(C)(C)C)C1. The standard InChI is InChI=1S/C19H29NO3/c1-19(2,3)17-14-20(12-8-11-18(21)22-4)13-16(23-17)15-9-6-5-7-10-15/h5-7,9-10,16-17H,8,11-14H2,1-4H3/t16-,17+/m0/s1. The number of rotatable bonds is 5. The highest BCUT2D eigenvalue weighted by Crippen LogP contribution is 2.33. The van der Waals surface area contributed by atoms with Crippen LogP contribution in [0.5, 0.6) is 0 Å². The van der Waals surface area contributed by atoms with Crippen LogP contribution in [0.2, 0.25) is 0 Å². The normalized spacial score (nSPS) is 22.8. The number of morpholine rings is 1. The first-order valence-electron chi connectivity index (χ1n) is 8.39. The number of hydrogen-bond acceptors (Lipinski definition) is 4. The van der Waals surface area contributed by atoms with E-state index in [1.54, 1.807) is 0 Å². The van der Waals surface area contributed by atoms with Crippen molar-refractivity contribution in [1.82, 2.24) is 4.90 Å². The number of benzene rings is 1. The first-order valence-corrected chi connectivity index (χ1v) is 8.39. The summed E-state index contributed by atoms with van der Waals surface area (Å²) in [5.41, 5.74) is 1.31. The Kier molecular flexibility index (Phi) is 6.19. The van der Waals surface area contributed by atoms with Crippen molar-refractivity contribution >= 4 is 5.97 Å². The first kappa shape index (κ1) is 18.0. The first-order chi connectivity index (χ1) is 10.9. The van der Waals surface area contributed by atoms with Crippen LogP contribution < -0.4 is 0 Å². The molecule has 1 aromatic rings. The third-order valence-corrected chi connectivity index (χ3v) is 4.40. The number of carbonyl (C=O) groups excluding carboxylic acids is 1. The molecule has 4 heteroatoms. The summed E-state index contributed by atoms with van der Waals surface area (Å²) in [5, 5.41) is 0. The van der Waals surface area contributed by atoms with Gasteiger partial charge < -0.3 is 9.47 Å². The lowest BCUT2D eigenvalue weighted by Gasteiger charge is -2.43. The molecule has 1 aliphatic heterocycles. The largest absolute Gasteiger partial charge is 0.469 e. The molecule has 128 valence electrons. The van der Waals surface area contributed by atoms with Crippen molar-refractivity contribution in [2.75, 3.05) is 26.7 Å². The summed E-state index contributed by atoms with van der Waals surface area (Å²) in [6.07, 6.45) is 1.57. The molecule has 1 saturated heterocycles. The van der Waals surface area contributed by atoms with Gasteiger partial charge in [-0.05, 0) is 23.9 Å². The van der Waals surface area contributed by atoms with Crippen molar-refractivity contribution in [3.63, 3.8) is 0 Å². The monoisotopic (exact) mass is 319 g/mol. The Morgan fingerprint density at radius 1 is 1.26 bits per heavy atom. The van der Waals surface area contributed by atoms with Gasteiger partial charge >= 0.3 is 5.97 Å². The van der Waals surface area contributed by atoms with Crippen molar-refractivity contribution in [2.45, 2.75) is 45.8 Å². The van der Waals surface area contributed by atoms with Gasteiger partial charge in [0.05, 0.1) is 19.3 Å². The Bertz CT molecular complexity index is 495. The van der Waals surface area contributed by atoms with E-state index in [2.05, 4.69) is 49.9 Å². The average Bonchev–Trinajstić information content (AvgIpc) is 2.54. The van der Waals surface area contributed by atoms with E-state index in [0.717, 1.165) is 26.1 Å². The van der Waals surface area contributed by atoms with E-state index in [0.29, 0.717) is 6.42 Å². The maximum atomic E-state index is 11.3. The molecule has 1 fully saturated rings. The van der Waals surface area contributed by atoms with E-state index in [1.807, 2.05) is 6.07 Å². The zero-order valence-corrected chi connectivity index (χ0v) is 14.7. The quantitative estimate of drug-likeness (QED) is 0.780. The Balaban J connectivity index is 2.02. The molecule has 23 heavy (non-hydrogen) atoms. The van der Waals surface area contributed by atoms with E-state index in [4.69, 9.17) is 9.47 Å². The van der Waals surface area contributed by atoms with Gasteiger partial charge in [0.25, 0.3) is 0 Å². The summed E-state index contributed by atoms with van der Waals surface area (Å²) in [7, 11) is 1.44. The molecule has 0 unspecified atom stereocenters. The second-order valence-electron chi connectivity index (χ2n) is 7.33. The van der Waals surface area contributed by atoms with Crippen LogP contribution in [0.4, 0.5) is 0 Å². The molecular weight excluding hydrogens is 290 g/mol. The van der Waals surface area contributed by atoms with Crippen LogP contribution in [-0.4, -0.2) is 43.7 Å². The fourth-order valence-electron chi connectivity index (χ4n) is 2.89. The van der Waals surface area contributed by atoms with Gasteiger partial charge in [0.15, 0.2) is 0 Å². The Morgan fingerprint density at radius 2 is 1.96 bits per heavy atom. The van der Waals surface area contributed by atoms with Gasteiger partial charge in [-0.25, -0.2) is 0 Å². The minimum absolute atomic E-state index is 0.0901. The fourth-order valence-corrected chi connectivity index (χ4v) is 2.89. The minimum Gasteiger partial charge on any atom is -0.469 e. The van der Waals surface area contributed by atoms with E-state index in [1.165, 1.54) is 12.7 Å². The Morgan fingerprint density at radius 3 is 2.57 bits per heavy atom. The van der Waals surface area contributed by atoms with Gasteiger partial charge in [0, 0.05) is 19.5 Å². The lowest BCUT2D eigenvalue weighted by Crippen LogP contribution is -2.49. The van der Waals surface area contributed by atoms with Crippen molar-refractivity contribution in [1.29, 1.82) is 0 Å². The van der Waals surface area contributed by atoms with Gasteiger partial charge in [-0.15, -0.1) is 0 Å². The number of carbonyl (C=O) groups is 1. The number of nitrogens with zero attached hydrogens (tertiary/aromatic N) is 1. The topological polar surface area (TPSA) is 38.8 Å². The molecule has 1 aromatic carbocycles. The zero-order valence-electron chi connectivity index (χ0n) is 14.7. The molecule has 0 saturated carbocycles. The summed E-state index contributed by atoms with van der Waals surface area (Å²) in [5.74, 6) is -0.134. The molecular formula is C19H29NO3. The van der Waals surface area contributed by atoms with Crippen molar-refractivity contribution < 1.29 is 14.3 Å². The third-order valence-electron chi connectivity index (χ3n) is 4.40. The summed E-state index contributed by atoms with van der Waals surface area (Å²) in [6, 6.07) is 10.4. The number of esters is 1. The second-order valence-corrected chi connectivity index (χ2v) is 7.33. The molecule has 0 bridgehead atoms. The van der Waals surface area contributed by atoms with E-state index in [-0.39, 0.29) is 23.6 Å². The molecule has 0 aliphatic carbocycles. The maximum Gasteiger partial charge on any atom is 0.305 e. The summed E-state index contributed by atoms with van der Waals surface area (Å²) in [4.78, 5) is 13.7. The van der Waals surface area contributed by atoms with Gasteiger partial charge in [-0.2, -0.15) is 0 Å². The molecule has 2 rings (SSSR count).